The number of morpholine rings is 1. The number of fused-ring (bicyclic) bond motifs is 1. The molecule has 0 spiro atoms. The van der Waals surface area contributed by atoms with E-state index < -0.39 is 0 Å². The molecule has 4 aromatic rings. The zero-order valence-corrected chi connectivity index (χ0v) is 16.3. The van der Waals surface area contributed by atoms with Crippen LogP contribution in [0.1, 0.15) is 12.0 Å². The highest BCUT2D eigenvalue weighted by atomic mass is 16.5. The van der Waals surface area contributed by atoms with Crippen LogP contribution in [0.5, 0.6) is 0 Å². The summed E-state index contributed by atoms with van der Waals surface area (Å²) in [7, 11) is 0. The molecule has 0 atom stereocenters. The van der Waals surface area contributed by atoms with E-state index in [0.29, 0.717) is 0 Å². The van der Waals surface area contributed by atoms with E-state index in [-0.39, 0.29) is 0 Å². The van der Waals surface area contributed by atoms with Gasteiger partial charge in [0.15, 0.2) is 0 Å². The predicted molar refractivity (Wildman–Crippen MR) is 112 cm³/mol. The van der Waals surface area contributed by atoms with Gasteiger partial charge in [0.1, 0.15) is 11.4 Å². The second kappa shape index (κ2) is 8.14. The van der Waals surface area contributed by atoms with E-state index in [1.165, 1.54) is 5.56 Å². The van der Waals surface area contributed by atoms with Gasteiger partial charge in [-0.3, -0.25) is 10.00 Å². The molecule has 0 radical (unpaired) electrons. The standard InChI is InChI=1S/C22H24N6O/c1-2-9-20-19(8-1)22(25-23-20)21-16-28(26-24-21)18-7-3-5-17(15-18)6-4-10-27-11-13-29-14-12-27/h1-3,5,7-9,15-16H,4,6,10-14H2,(H,23,25). The first-order valence-corrected chi connectivity index (χ1v) is 10.1. The maximum Gasteiger partial charge on any atom is 0.134 e. The second-order valence-electron chi connectivity index (χ2n) is 7.39. The van der Waals surface area contributed by atoms with Crippen LogP contribution in [0.4, 0.5) is 0 Å². The summed E-state index contributed by atoms with van der Waals surface area (Å²) in [5.41, 5.74) is 4.93. The van der Waals surface area contributed by atoms with Crippen molar-refractivity contribution in [3.63, 3.8) is 0 Å². The number of hydrogen-bond acceptors (Lipinski definition) is 5. The quantitative estimate of drug-likeness (QED) is 0.550. The summed E-state index contributed by atoms with van der Waals surface area (Å²) in [5, 5.41) is 17.2. The van der Waals surface area contributed by atoms with Crippen LogP contribution in [0.2, 0.25) is 0 Å². The van der Waals surface area contributed by atoms with Crippen molar-refractivity contribution in [1.29, 1.82) is 0 Å². The van der Waals surface area contributed by atoms with E-state index in [0.717, 1.165) is 73.7 Å². The Hall–Kier alpha value is -3.03. The smallest absolute Gasteiger partial charge is 0.134 e. The van der Waals surface area contributed by atoms with E-state index in [1.54, 1.807) is 0 Å². The Morgan fingerprint density at radius 3 is 2.86 bits per heavy atom. The lowest BCUT2D eigenvalue weighted by Crippen LogP contribution is -2.36. The monoisotopic (exact) mass is 388 g/mol. The summed E-state index contributed by atoms with van der Waals surface area (Å²) >= 11 is 0. The average Bonchev–Trinajstić information content (AvgIpc) is 3.42. The van der Waals surface area contributed by atoms with E-state index in [9.17, 15) is 0 Å². The first kappa shape index (κ1) is 18.0. The van der Waals surface area contributed by atoms with Crippen LogP contribution in [-0.4, -0.2) is 62.9 Å². The van der Waals surface area contributed by atoms with Crippen molar-refractivity contribution in [3.8, 4) is 17.1 Å². The Morgan fingerprint density at radius 1 is 1.03 bits per heavy atom. The molecular weight excluding hydrogens is 364 g/mol. The lowest BCUT2D eigenvalue weighted by Gasteiger charge is -2.26. The summed E-state index contributed by atoms with van der Waals surface area (Å²) in [4.78, 5) is 2.48. The Kier molecular flexibility index (Phi) is 5.06. The van der Waals surface area contributed by atoms with Crippen molar-refractivity contribution in [2.45, 2.75) is 12.8 Å². The van der Waals surface area contributed by atoms with Gasteiger partial charge in [0.05, 0.1) is 30.6 Å². The van der Waals surface area contributed by atoms with Crippen molar-refractivity contribution < 1.29 is 4.74 Å². The van der Waals surface area contributed by atoms with E-state index in [1.807, 2.05) is 35.1 Å². The van der Waals surface area contributed by atoms with Crippen molar-refractivity contribution in [2.24, 2.45) is 0 Å². The van der Waals surface area contributed by atoms with Gasteiger partial charge in [-0.25, -0.2) is 4.68 Å². The average molecular weight is 388 g/mol. The number of aryl methyl sites for hydroxylation is 1. The van der Waals surface area contributed by atoms with Crippen molar-refractivity contribution in [3.05, 3.63) is 60.3 Å². The van der Waals surface area contributed by atoms with Gasteiger partial charge in [-0.1, -0.05) is 35.5 Å². The normalized spacial score (nSPS) is 15.2. The maximum atomic E-state index is 5.42. The van der Waals surface area contributed by atoms with Crippen LogP contribution in [0, 0.1) is 0 Å². The molecule has 0 amide bonds. The minimum Gasteiger partial charge on any atom is -0.379 e. The first-order chi connectivity index (χ1) is 14.4. The lowest BCUT2D eigenvalue weighted by atomic mass is 10.1. The molecule has 0 unspecified atom stereocenters. The third-order valence-electron chi connectivity index (χ3n) is 5.42. The van der Waals surface area contributed by atoms with Gasteiger partial charge < -0.3 is 4.74 Å². The lowest BCUT2D eigenvalue weighted by molar-refractivity contribution is 0.0375. The number of H-pyrrole nitrogens is 1. The molecule has 2 aromatic heterocycles. The van der Waals surface area contributed by atoms with Crippen LogP contribution in [-0.2, 0) is 11.2 Å². The van der Waals surface area contributed by atoms with E-state index in [4.69, 9.17) is 4.74 Å². The first-order valence-electron chi connectivity index (χ1n) is 10.1. The molecule has 148 valence electrons. The molecule has 7 heteroatoms. The molecular formula is C22H24N6O. The zero-order valence-electron chi connectivity index (χ0n) is 16.3. The number of rotatable bonds is 6. The third kappa shape index (κ3) is 3.92. The number of nitrogens with one attached hydrogen (secondary N) is 1. The molecule has 0 aliphatic carbocycles. The number of aromatic amines is 1. The van der Waals surface area contributed by atoms with Gasteiger partial charge >= 0.3 is 0 Å². The molecule has 5 rings (SSSR count). The Labute approximate surface area is 169 Å². The molecule has 3 heterocycles. The molecule has 1 fully saturated rings. The van der Waals surface area contributed by atoms with Crippen LogP contribution >= 0.6 is 0 Å². The molecule has 29 heavy (non-hydrogen) atoms. The SMILES string of the molecule is c1cc(CCCN2CCOCC2)cc(-n2cc(-c3n[nH]c4ccccc34)nn2)c1. The number of aromatic nitrogens is 5. The number of benzene rings is 2. The Bertz CT molecular complexity index is 1100. The van der Waals surface area contributed by atoms with Crippen LogP contribution in [0.25, 0.3) is 28.0 Å². The highest BCUT2D eigenvalue weighted by Crippen LogP contribution is 2.24. The molecule has 1 aliphatic heterocycles. The molecule has 1 saturated heterocycles. The molecule has 1 N–H and O–H groups in total. The molecule has 0 bridgehead atoms. The van der Waals surface area contributed by atoms with Crippen molar-refractivity contribution in [2.75, 3.05) is 32.8 Å². The summed E-state index contributed by atoms with van der Waals surface area (Å²) in [6.07, 6.45) is 4.14. The fourth-order valence-electron chi connectivity index (χ4n) is 3.84. The minimum atomic E-state index is 0.764. The highest BCUT2D eigenvalue weighted by molar-refractivity contribution is 5.91. The van der Waals surface area contributed by atoms with Crippen molar-refractivity contribution >= 4 is 10.9 Å². The van der Waals surface area contributed by atoms with Gasteiger partial charge in [0.25, 0.3) is 0 Å². The van der Waals surface area contributed by atoms with E-state index >= 15 is 0 Å². The van der Waals surface area contributed by atoms with Gasteiger partial charge in [-0.05, 0) is 43.1 Å². The summed E-state index contributed by atoms with van der Waals surface area (Å²) in [5.74, 6) is 0. The van der Waals surface area contributed by atoms with Gasteiger partial charge in [-0.2, -0.15) is 5.10 Å². The predicted octanol–water partition coefficient (Wildman–Crippen LogP) is 3.08. The number of para-hydroxylation sites is 1. The summed E-state index contributed by atoms with van der Waals surface area (Å²) in [6, 6.07) is 16.6. The topological polar surface area (TPSA) is 71.9 Å². The molecule has 7 nitrogen and oxygen atoms in total. The fourth-order valence-corrected chi connectivity index (χ4v) is 3.84. The van der Waals surface area contributed by atoms with Crippen LogP contribution in [0.3, 0.4) is 0 Å². The summed E-state index contributed by atoms with van der Waals surface area (Å²) in [6.45, 7) is 4.92. The Morgan fingerprint density at radius 2 is 1.93 bits per heavy atom. The molecule has 2 aromatic carbocycles. The Balaban J connectivity index is 1.29. The van der Waals surface area contributed by atoms with E-state index in [2.05, 4.69) is 49.7 Å². The number of nitrogens with zero attached hydrogens (tertiary/aromatic N) is 5. The van der Waals surface area contributed by atoms with Crippen molar-refractivity contribution in [1.82, 2.24) is 30.1 Å². The van der Waals surface area contributed by atoms with Gasteiger partial charge in [0, 0.05) is 18.5 Å². The third-order valence-corrected chi connectivity index (χ3v) is 5.42. The van der Waals surface area contributed by atoms with Crippen LogP contribution in [0.15, 0.2) is 54.7 Å². The largest absolute Gasteiger partial charge is 0.379 e. The summed E-state index contributed by atoms with van der Waals surface area (Å²) < 4.78 is 7.24. The van der Waals surface area contributed by atoms with Crippen LogP contribution < -0.4 is 0 Å². The highest BCUT2D eigenvalue weighted by Gasteiger charge is 2.13. The number of hydrogen-bond donors (Lipinski definition) is 1. The molecule has 0 saturated carbocycles. The van der Waals surface area contributed by atoms with Gasteiger partial charge in [-0.15, -0.1) is 5.10 Å². The number of ether oxygens (including phenoxy) is 1. The minimum absolute atomic E-state index is 0.764. The van der Waals surface area contributed by atoms with Gasteiger partial charge in [0.2, 0.25) is 0 Å². The maximum absolute atomic E-state index is 5.42. The molecule has 1 aliphatic rings. The second-order valence-corrected chi connectivity index (χ2v) is 7.39. The fraction of sp³-hybridized carbons (Fsp3) is 0.318. The zero-order chi connectivity index (χ0) is 19.5.